The Kier molecular flexibility index (Phi) is 16.8. The highest BCUT2D eigenvalue weighted by Gasteiger charge is 2.37. The molecule has 50 heavy (non-hydrogen) atoms. The molecule has 2 unspecified atom stereocenters. The number of nitrogens with one attached hydrogen (secondary N) is 5. The summed E-state index contributed by atoms with van der Waals surface area (Å²) in [5.74, 6) is -1.60. The second-order valence-corrected chi connectivity index (χ2v) is 14.0. The van der Waals surface area contributed by atoms with Gasteiger partial charge in [0.15, 0.2) is 0 Å². The van der Waals surface area contributed by atoms with Gasteiger partial charge >= 0.3 is 18.2 Å². The van der Waals surface area contributed by atoms with E-state index >= 15 is 0 Å². The number of methoxy groups -OCH3 is 2. The van der Waals surface area contributed by atoms with E-state index in [4.69, 9.17) is 14.2 Å². The van der Waals surface area contributed by atoms with Gasteiger partial charge in [0.25, 0.3) is 5.91 Å². The van der Waals surface area contributed by atoms with E-state index in [1.807, 2.05) is 58.0 Å². The third-order valence-electron chi connectivity index (χ3n) is 9.37. The van der Waals surface area contributed by atoms with Crippen LogP contribution in [0.1, 0.15) is 78.2 Å². The zero-order valence-corrected chi connectivity index (χ0v) is 30.5. The van der Waals surface area contributed by atoms with E-state index < -0.39 is 60.2 Å². The highest BCUT2D eigenvalue weighted by molar-refractivity contribution is 5.86. The van der Waals surface area contributed by atoms with E-state index in [0.717, 1.165) is 44.1 Å². The second-order valence-electron chi connectivity index (χ2n) is 14.0. The molecule has 0 radical (unpaired) electrons. The van der Waals surface area contributed by atoms with Crippen LogP contribution in [0.4, 0.5) is 9.59 Å². The van der Waals surface area contributed by atoms with Crippen molar-refractivity contribution >= 4 is 30.0 Å². The van der Waals surface area contributed by atoms with Crippen LogP contribution in [0, 0.1) is 17.8 Å². The first-order valence-electron chi connectivity index (χ1n) is 17.9. The van der Waals surface area contributed by atoms with Gasteiger partial charge in [0.2, 0.25) is 5.91 Å². The topological polar surface area (TPSA) is 176 Å². The van der Waals surface area contributed by atoms with Crippen molar-refractivity contribution in [2.24, 2.45) is 17.8 Å². The number of carbonyl (C=O) groups excluding carboxylic acids is 5. The van der Waals surface area contributed by atoms with Gasteiger partial charge < -0.3 is 35.5 Å². The quantitative estimate of drug-likeness (QED) is 0.0922. The molecule has 0 aromatic heterocycles. The molecule has 2 aliphatic rings. The Morgan fingerprint density at radius 3 is 1.94 bits per heavy atom. The van der Waals surface area contributed by atoms with Crippen molar-refractivity contribution in [1.82, 2.24) is 31.7 Å². The summed E-state index contributed by atoms with van der Waals surface area (Å²) < 4.78 is 15.8. The molecule has 2 fully saturated rings. The third-order valence-corrected chi connectivity index (χ3v) is 9.37. The number of hydrogen-bond donors (Lipinski definition) is 5. The number of esters is 1. The molecule has 5 atom stereocenters. The first-order valence-corrected chi connectivity index (χ1v) is 17.9. The van der Waals surface area contributed by atoms with Crippen molar-refractivity contribution in [3.8, 4) is 0 Å². The minimum absolute atomic E-state index is 0.0539. The minimum atomic E-state index is -0.928. The first-order chi connectivity index (χ1) is 23.9. The molecule has 1 aliphatic carbocycles. The van der Waals surface area contributed by atoms with E-state index in [-0.39, 0.29) is 24.3 Å². The second kappa shape index (κ2) is 20.7. The highest BCUT2D eigenvalue weighted by Crippen LogP contribution is 2.25. The fraction of sp³-hybridized carbons (Fsp3) is 0.694. The molecule has 1 heterocycles. The van der Waals surface area contributed by atoms with Crippen LogP contribution in [-0.4, -0.2) is 99.1 Å². The maximum absolute atomic E-state index is 13.9. The molecule has 1 saturated heterocycles. The van der Waals surface area contributed by atoms with Crippen LogP contribution in [0.2, 0.25) is 0 Å². The monoisotopic (exact) mass is 702 g/mol. The summed E-state index contributed by atoms with van der Waals surface area (Å²) in [6, 6.07) is 6.46. The average Bonchev–Trinajstić information content (AvgIpc) is 3.65. The summed E-state index contributed by atoms with van der Waals surface area (Å²) in [5, 5.41) is 13.3. The van der Waals surface area contributed by atoms with Crippen LogP contribution >= 0.6 is 0 Å². The normalized spacial score (nSPS) is 18.9. The SMILES string of the molecule is COC(=O)N[C@H](C(=O)NC(Cc1ccccc1)C(CN(CC1CCCCC1)NC(=O)[C@@H](NC(=O)OC)C(C)C)OC(=O)[C@H]1CCCN1)C(C)C. The Morgan fingerprint density at radius 1 is 0.800 bits per heavy atom. The average molecular weight is 703 g/mol. The summed E-state index contributed by atoms with van der Waals surface area (Å²) in [6.07, 6.45) is 4.64. The number of carbonyl (C=O) groups is 5. The lowest BCUT2D eigenvalue weighted by molar-refractivity contribution is -0.156. The minimum Gasteiger partial charge on any atom is -0.458 e. The van der Waals surface area contributed by atoms with Gasteiger partial charge in [-0.1, -0.05) is 77.3 Å². The van der Waals surface area contributed by atoms with Gasteiger partial charge in [-0.25, -0.2) is 14.6 Å². The Bertz CT molecular complexity index is 1240. The number of benzene rings is 1. The molecule has 14 heteroatoms. The number of alkyl carbamates (subject to hydrolysis) is 2. The number of hydrogen-bond acceptors (Lipinski definition) is 10. The van der Waals surface area contributed by atoms with E-state index in [1.54, 1.807) is 5.01 Å². The molecule has 1 saturated carbocycles. The summed E-state index contributed by atoms with van der Waals surface area (Å²) in [4.78, 5) is 65.6. The van der Waals surface area contributed by atoms with Gasteiger partial charge in [-0.15, -0.1) is 0 Å². The molecule has 3 rings (SSSR count). The van der Waals surface area contributed by atoms with Crippen molar-refractivity contribution in [2.75, 3.05) is 33.9 Å². The first kappa shape index (κ1) is 40.5. The standard InChI is InChI=1S/C36H58N6O8/c1-23(2)30(39-35(46)48-5)32(43)38-28(20-25-14-9-7-10-15-25)29(50-34(45)27-18-13-19-37-27)22-42(21-26-16-11-8-12-17-26)41-33(44)31(24(3)4)40-36(47)49-6/h7,9-10,14-15,23-24,26-31,37H,8,11-13,16-22H2,1-6H3,(H,38,43)(H,39,46)(H,40,47)(H,41,44)/t27-,28?,29?,30+,31+/m1/s1. The Hall–Kier alpha value is -3.91. The number of rotatable bonds is 17. The molecular weight excluding hydrogens is 644 g/mol. The molecule has 1 aromatic carbocycles. The number of nitrogens with zero attached hydrogens (tertiary/aromatic N) is 1. The van der Waals surface area contributed by atoms with Crippen molar-refractivity contribution in [3.63, 3.8) is 0 Å². The lowest BCUT2D eigenvalue weighted by atomic mass is 9.89. The van der Waals surface area contributed by atoms with Crippen molar-refractivity contribution in [1.29, 1.82) is 0 Å². The van der Waals surface area contributed by atoms with E-state index in [2.05, 4.69) is 26.7 Å². The summed E-state index contributed by atoms with van der Waals surface area (Å²) in [6.45, 7) is 8.49. The van der Waals surface area contributed by atoms with Gasteiger partial charge in [-0.05, 0) is 62.0 Å². The zero-order valence-electron chi connectivity index (χ0n) is 30.5. The Balaban J connectivity index is 2.01. The highest BCUT2D eigenvalue weighted by atomic mass is 16.6. The van der Waals surface area contributed by atoms with Crippen molar-refractivity contribution in [3.05, 3.63) is 35.9 Å². The molecule has 1 aromatic rings. The fourth-order valence-corrected chi connectivity index (χ4v) is 6.51. The van der Waals surface area contributed by atoms with Gasteiger partial charge in [0.1, 0.15) is 24.2 Å². The Labute approximate surface area is 296 Å². The van der Waals surface area contributed by atoms with Crippen LogP contribution in [0.15, 0.2) is 30.3 Å². The maximum atomic E-state index is 13.9. The fourth-order valence-electron chi connectivity index (χ4n) is 6.51. The summed E-state index contributed by atoms with van der Waals surface area (Å²) >= 11 is 0. The molecule has 4 amide bonds. The van der Waals surface area contributed by atoms with Crippen LogP contribution in [0.25, 0.3) is 0 Å². The number of hydrazine groups is 1. The largest absolute Gasteiger partial charge is 0.458 e. The van der Waals surface area contributed by atoms with Crippen molar-refractivity contribution in [2.45, 2.75) is 109 Å². The van der Waals surface area contributed by atoms with Crippen LogP contribution in [-0.2, 0) is 35.0 Å². The molecule has 280 valence electrons. The lowest BCUT2D eigenvalue weighted by Crippen LogP contribution is -2.61. The summed E-state index contributed by atoms with van der Waals surface area (Å²) in [5.41, 5.74) is 3.92. The van der Waals surface area contributed by atoms with E-state index in [0.29, 0.717) is 25.9 Å². The molecular formula is C36H58N6O8. The van der Waals surface area contributed by atoms with Gasteiger partial charge in [0.05, 0.1) is 26.8 Å². The van der Waals surface area contributed by atoms with E-state index in [1.165, 1.54) is 14.2 Å². The van der Waals surface area contributed by atoms with Crippen LogP contribution in [0.3, 0.4) is 0 Å². The number of ether oxygens (including phenoxy) is 3. The maximum Gasteiger partial charge on any atom is 0.407 e. The van der Waals surface area contributed by atoms with E-state index in [9.17, 15) is 24.0 Å². The Morgan fingerprint density at radius 2 is 1.40 bits per heavy atom. The lowest BCUT2D eigenvalue weighted by Gasteiger charge is -2.37. The number of amides is 4. The summed E-state index contributed by atoms with van der Waals surface area (Å²) in [7, 11) is 2.47. The molecule has 5 N–H and O–H groups in total. The molecule has 0 bridgehead atoms. The van der Waals surface area contributed by atoms with Gasteiger partial charge in [-0.3, -0.25) is 19.8 Å². The molecule has 1 aliphatic heterocycles. The van der Waals surface area contributed by atoms with Crippen LogP contribution in [0.5, 0.6) is 0 Å². The zero-order chi connectivity index (χ0) is 36.6. The van der Waals surface area contributed by atoms with Crippen LogP contribution < -0.4 is 26.7 Å². The predicted molar refractivity (Wildman–Crippen MR) is 188 cm³/mol. The van der Waals surface area contributed by atoms with Gasteiger partial charge in [0, 0.05) is 6.54 Å². The predicted octanol–water partition coefficient (Wildman–Crippen LogP) is 3.05. The third kappa shape index (κ3) is 13.1. The molecule has 0 spiro atoms. The van der Waals surface area contributed by atoms with Gasteiger partial charge in [-0.2, -0.15) is 0 Å². The van der Waals surface area contributed by atoms with Crippen molar-refractivity contribution < 1.29 is 38.2 Å². The smallest absolute Gasteiger partial charge is 0.407 e. The molecule has 14 nitrogen and oxygen atoms in total.